The van der Waals surface area contributed by atoms with Crippen molar-refractivity contribution in [2.24, 2.45) is 11.8 Å². The summed E-state index contributed by atoms with van der Waals surface area (Å²) in [6.07, 6.45) is 4.20. The van der Waals surface area contributed by atoms with Crippen molar-refractivity contribution in [1.82, 2.24) is 15.1 Å². The average molecular weight is 325 g/mol. The number of piperidine rings is 2. The molecule has 2 aliphatic rings. The van der Waals surface area contributed by atoms with Gasteiger partial charge in [-0.25, -0.2) is 0 Å². The Morgan fingerprint density at radius 3 is 2.30 bits per heavy atom. The van der Waals surface area contributed by atoms with Crippen LogP contribution in [-0.2, 0) is 9.59 Å². The van der Waals surface area contributed by atoms with Crippen molar-refractivity contribution in [2.45, 2.75) is 39.0 Å². The smallest absolute Gasteiger partial charge is 0.223 e. The van der Waals surface area contributed by atoms with Crippen molar-refractivity contribution in [3.05, 3.63) is 0 Å². The van der Waals surface area contributed by atoms with Gasteiger partial charge in [0.1, 0.15) is 0 Å². The van der Waals surface area contributed by atoms with Crippen LogP contribution in [0.3, 0.4) is 0 Å². The van der Waals surface area contributed by atoms with E-state index < -0.39 is 0 Å². The highest BCUT2D eigenvalue weighted by molar-refractivity contribution is 5.80. The van der Waals surface area contributed by atoms with Gasteiger partial charge in [0, 0.05) is 45.1 Å². The summed E-state index contributed by atoms with van der Waals surface area (Å²) in [5.41, 5.74) is 0. The summed E-state index contributed by atoms with van der Waals surface area (Å²) in [6, 6.07) is 0. The zero-order valence-corrected chi connectivity index (χ0v) is 14.3. The minimum Gasteiger partial charge on any atom is -0.396 e. The van der Waals surface area contributed by atoms with E-state index in [0.717, 1.165) is 45.3 Å². The lowest BCUT2D eigenvalue weighted by atomic mass is 9.95. The summed E-state index contributed by atoms with van der Waals surface area (Å²) < 4.78 is 0. The first-order valence-electron chi connectivity index (χ1n) is 9.02. The molecule has 0 aliphatic carbocycles. The number of nitrogens with one attached hydrogen (secondary N) is 1. The molecular weight excluding hydrogens is 294 g/mol. The number of nitrogens with zero attached hydrogens (tertiary/aromatic N) is 2. The van der Waals surface area contributed by atoms with Gasteiger partial charge in [-0.2, -0.15) is 0 Å². The summed E-state index contributed by atoms with van der Waals surface area (Å²) in [7, 11) is 0. The number of hydrogen-bond donors (Lipinski definition) is 2. The van der Waals surface area contributed by atoms with Gasteiger partial charge in [-0.1, -0.05) is 6.92 Å². The fourth-order valence-corrected chi connectivity index (χ4v) is 3.49. The van der Waals surface area contributed by atoms with E-state index in [1.165, 1.54) is 0 Å². The normalized spacial score (nSPS) is 21.4. The highest BCUT2D eigenvalue weighted by Crippen LogP contribution is 2.18. The highest BCUT2D eigenvalue weighted by Gasteiger charge is 2.26. The van der Waals surface area contributed by atoms with Crippen molar-refractivity contribution in [1.29, 1.82) is 0 Å². The summed E-state index contributed by atoms with van der Waals surface area (Å²) >= 11 is 0. The molecule has 2 fully saturated rings. The lowest BCUT2D eigenvalue weighted by Crippen LogP contribution is -2.45. The van der Waals surface area contributed by atoms with Crippen LogP contribution in [0.5, 0.6) is 0 Å². The van der Waals surface area contributed by atoms with E-state index in [0.29, 0.717) is 38.6 Å². The summed E-state index contributed by atoms with van der Waals surface area (Å²) in [5, 5.41) is 12.2. The van der Waals surface area contributed by atoms with E-state index in [2.05, 4.69) is 10.2 Å². The summed E-state index contributed by atoms with van der Waals surface area (Å²) in [6.45, 7) is 7.19. The molecule has 0 aromatic heterocycles. The lowest BCUT2D eigenvalue weighted by molar-refractivity contribution is -0.135. The first kappa shape index (κ1) is 18.2. The first-order chi connectivity index (χ1) is 11.1. The molecule has 0 unspecified atom stereocenters. The van der Waals surface area contributed by atoms with E-state index in [9.17, 15) is 9.59 Å². The van der Waals surface area contributed by atoms with Crippen molar-refractivity contribution >= 4 is 11.8 Å². The molecule has 2 amide bonds. The Morgan fingerprint density at radius 1 is 1.09 bits per heavy atom. The largest absolute Gasteiger partial charge is 0.396 e. The molecule has 6 nitrogen and oxygen atoms in total. The fraction of sp³-hybridized carbons (Fsp3) is 0.882. The Hall–Kier alpha value is -1.14. The Morgan fingerprint density at radius 2 is 1.74 bits per heavy atom. The Bertz CT molecular complexity index is 387. The number of rotatable bonds is 6. The minimum absolute atomic E-state index is 0.0519. The van der Waals surface area contributed by atoms with Crippen LogP contribution in [0.1, 0.15) is 39.0 Å². The van der Waals surface area contributed by atoms with Crippen LogP contribution in [0.15, 0.2) is 0 Å². The van der Waals surface area contributed by atoms with Gasteiger partial charge >= 0.3 is 0 Å². The average Bonchev–Trinajstić information content (AvgIpc) is 2.61. The molecule has 2 saturated heterocycles. The second-order valence-corrected chi connectivity index (χ2v) is 6.77. The molecule has 132 valence electrons. The third kappa shape index (κ3) is 5.46. The van der Waals surface area contributed by atoms with E-state index in [1.54, 1.807) is 0 Å². The van der Waals surface area contributed by atoms with Gasteiger partial charge in [0.25, 0.3) is 0 Å². The molecule has 2 rings (SSSR count). The first-order valence-corrected chi connectivity index (χ1v) is 9.02. The van der Waals surface area contributed by atoms with Crippen molar-refractivity contribution in [3.8, 4) is 0 Å². The number of hydrogen-bond acceptors (Lipinski definition) is 4. The number of carbonyl (C=O) groups excluding carboxylic acids is 2. The standard InChI is InChI=1S/C17H31N3O3/c1-2-16(22)20-10-5-15(6-11-20)17(23)18-7-12-19-8-3-14(13-21)4-9-19/h14-15,21H,2-13H2,1H3,(H,18,23). The second kappa shape index (κ2) is 9.23. The van der Waals surface area contributed by atoms with Gasteiger partial charge in [0.05, 0.1) is 0 Å². The third-order valence-electron chi connectivity index (χ3n) is 5.21. The maximum atomic E-state index is 12.2. The quantitative estimate of drug-likeness (QED) is 0.744. The van der Waals surface area contributed by atoms with Crippen molar-refractivity contribution in [3.63, 3.8) is 0 Å². The maximum Gasteiger partial charge on any atom is 0.223 e. The van der Waals surface area contributed by atoms with Crippen molar-refractivity contribution < 1.29 is 14.7 Å². The van der Waals surface area contributed by atoms with Crippen LogP contribution < -0.4 is 5.32 Å². The third-order valence-corrected chi connectivity index (χ3v) is 5.21. The molecule has 2 aliphatic heterocycles. The molecule has 0 aromatic rings. The minimum atomic E-state index is 0.0519. The van der Waals surface area contributed by atoms with Gasteiger partial charge in [0.2, 0.25) is 11.8 Å². The molecule has 0 saturated carbocycles. The van der Waals surface area contributed by atoms with Crippen LogP contribution in [0, 0.1) is 11.8 Å². The molecule has 0 spiro atoms. The van der Waals surface area contributed by atoms with Gasteiger partial charge in [-0.15, -0.1) is 0 Å². The highest BCUT2D eigenvalue weighted by atomic mass is 16.3. The zero-order valence-electron chi connectivity index (χ0n) is 14.3. The van der Waals surface area contributed by atoms with Crippen LogP contribution in [0.4, 0.5) is 0 Å². The van der Waals surface area contributed by atoms with Gasteiger partial charge in [-0.3, -0.25) is 9.59 Å². The molecule has 0 radical (unpaired) electrons. The fourth-order valence-electron chi connectivity index (χ4n) is 3.49. The topological polar surface area (TPSA) is 72.9 Å². The second-order valence-electron chi connectivity index (χ2n) is 6.77. The Balaban J connectivity index is 1.60. The molecule has 0 aromatic carbocycles. The van der Waals surface area contributed by atoms with Gasteiger partial charge in [-0.05, 0) is 44.7 Å². The molecule has 0 bridgehead atoms. The number of likely N-dealkylation sites (tertiary alicyclic amines) is 2. The molecule has 2 heterocycles. The van der Waals surface area contributed by atoms with Crippen LogP contribution in [0.2, 0.25) is 0 Å². The summed E-state index contributed by atoms with van der Waals surface area (Å²) in [4.78, 5) is 28.1. The van der Waals surface area contributed by atoms with Crippen LogP contribution in [-0.4, -0.2) is 72.6 Å². The van der Waals surface area contributed by atoms with Crippen LogP contribution >= 0.6 is 0 Å². The SMILES string of the molecule is CCC(=O)N1CCC(C(=O)NCCN2CCC(CO)CC2)CC1. The maximum absolute atomic E-state index is 12.2. The number of carbonyl (C=O) groups is 2. The predicted molar refractivity (Wildman–Crippen MR) is 88.9 cm³/mol. The molecular formula is C17H31N3O3. The monoisotopic (exact) mass is 325 g/mol. The predicted octanol–water partition coefficient (Wildman–Crippen LogP) is 0.456. The molecule has 0 atom stereocenters. The Kier molecular flexibility index (Phi) is 7.30. The van der Waals surface area contributed by atoms with E-state index in [1.807, 2.05) is 11.8 Å². The molecule has 23 heavy (non-hydrogen) atoms. The van der Waals surface area contributed by atoms with Gasteiger partial charge in [0.15, 0.2) is 0 Å². The van der Waals surface area contributed by atoms with E-state index in [-0.39, 0.29) is 17.7 Å². The molecule has 2 N–H and O–H groups in total. The van der Waals surface area contributed by atoms with E-state index >= 15 is 0 Å². The lowest BCUT2D eigenvalue weighted by Gasteiger charge is -2.32. The zero-order chi connectivity index (χ0) is 16.7. The number of aliphatic hydroxyl groups excluding tert-OH is 1. The Labute approximate surface area is 139 Å². The van der Waals surface area contributed by atoms with Crippen LogP contribution in [0.25, 0.3) is 0 Å². The number of amides is 2. The van der Waals surface area contributed by atoms with Gasteiger partial charge < -0.3 is 20.2 Å². The summed E-state index contributed by atoms with van der Waals surface area (Å²) in [5.74, 6) is 0.835. The number of aliphatic hydroxyl groups is 1. The van der Waals surface area contributed by atoms with E-state index in [4.69, 9.17) is 5.11 Å². The van der Waals surface area contributed by atoms with Crippen molar-refractivity contribution in [2.75, 3.05) is 45.9 Å². The molecule has 6 heteroatoms.